The van der Waals surface area contributed by atoms with E-state index in [1.54, 1.807) is 6.33 Å². The van der Waals surface area contributed by atoms with Gasteiger partial charge in [0.15, 0.2) is 5.88 Å². The smallest absolute Gasteiger partial charge is 0.231 e. The van der Waals surface area contributed by atoms with Crippen molar-refractivity contribution in [1.29, 1.82) is 0 Å². The molecular weight excluding hydrogens is 452 g/mol. The van der Waals surface area contributed by atoms with Crippen LogP contribution in [0.4, 0.5) is 11.6 Å². The number of anilines is 2. The molecule has 0 radical (unpaired) electrons. The Balaban J connectivity index is 1.35. The van der Waals surface area contributed by atoms with Crippen molar-refractivity contribution in [2.75, 3.05) is 29.9 Å². The lowest BCUT2D eigenvalue weighted by molar-refractivity contribution is -0.133. The van der Waals surface area contributed by atoms with Crippen LogP contribution in [0.15, 0.2) is 43.1 Å². The van der Waals surface area contributed by atoms with Crippen molar-refractivity contribution in [1.82, 2.24) is 20.2 Å². The summed E-state index contributed by atoms with van der Waals surface area (Å²) < 4.78 is 5.79. The van der Waals surface area contributed by atoms with Gasteiger partial charge in [0.1, 0.15) is 24.1 Å². The summed E-state index contributed by atoms with van der Waals surface area (Å²) in [5, 5.41) is 7.23. The lowest BCUT2D eigenvalue weighted by Gasteiger charge is -2.38. The van der Waals surface area contributed by atoms with Crippen LogP contribution in [0.25, 0.3) is 0 Å². The summed E-state index contributed by atoms with van der Waals surface area (Å²) in [6, 6.07) is 8.36. The van der Waals surface area contributed by atoms with Crippen molar-refractivity contribution in [3.63, 3.8) is 0 Å². The molecule has 1 aliphatic carbocycles. The van der Waals surface area contributed by atoms with Gasteiger partial charge in [0.25, 0.3) is 0 Å². The van der Waals surface area contributed by atoms with E-state index in [1.807, 2.05) is 31.2 Å². The third kappa shape index (κ3) is 4.32. The maximum absolute atomic E-state index is 13.8. The number of hydrogen-bond acceptors (Lipinski definition) is 7. The molecule has 1 aromatic heterocycles. The number of aromatic nitrogens is 2. The average Bonchev–Trinajstić information content (AvgIpc) is 3.60. The van der Waals surface area contributed by atoms with Crippen LogP contribution in [0.5, 0.6) is 0 Å². The van der Waals surface area contributed by atoms with E-state index in [-0.39, 0.29) is 30.0 Å². The van der Waals surface area contributed by atoms with Crippen molar-refractivity contribution in [3.05, 3.63) is 59.2 Å². The molecule has 1 aromatic carbocycles. The first kappa shape index (κ1) is 22.9. The van der Waals surface area contributed by atoms with Gasteiger partial charge in [0.2, 0.25) is 5.91 Å². The molecule has 1 saturated heterocycles. The van der Waals surface area contributed by atoms with Crippen LogP contribution >= 0.6 is 11.6 Å². The predicted molar refractivity (Wildman–Crippen MR) is 133 cm³/mol. The van der Waals surface area contributed by atoms with Gasteiger partial charge < -0.3 is 25.2 Å². The molecular formula is C25H31ClN6O2. The van der Waals surface area contributed by atoms with Crippen molar-refractivity contribution in [2.24, 2.45) is 0 Å². The maximum Gasteiger partial charge on any atom is 0.231 e. The SMILES string of the molecule is C=C1Nc2ncnc(N3CCN(C(=O)[C@H](CNC(C)C)c4ccc(Cl)cc4)[C@H]4C[C@H]43)c2C(C)O1. The van der Waals surface area contributed by atoms with Crippen molar-refractivity contribution >= 4 is 29.1 Å². The fourth-order valence-electron chi connectivity index (χ4n) is 5.04. The van der Waals surface area contributed by atoms with Crippen molar-refractivity contribution in [3.8, 4) is 0 Å². The van der Waals surface area contributed by atoms with Crippen molar-refractivity contribution in [2.45, 2.75) is 57.3 Å². The first-order chi connectivity index (χ1) is 16.3. The van der Waals surface area contributed by atoms with Crippen LogP contribution in [-0.2, 0) is 9.53 Å². The fraction of sp³-hybridized carbons (Fsp3) is 0.480. The lowest BCUT2D eigenvalue weighted by Crippen LogP contribution is -2.51. The highest BCUT2D eigenvalue weighted by atomic mass is 35.5. The van der Waals surface area contributed by atoms with Crippen molar-refractivity contribution < 1.29 is 9.53 Å². The van der Waals surface area contributed by atoms with Crippen LogP contribution in [-0.4, -0.2) is 58.5 Å². The van der Waals surface area contributed by atoms with E-state index in [1.165, 1.54) is 0 Å². The van der Waals surface area contributed by atoms with Gasteiger partial charge in [0, 0.05) is 30.7 Å². The molecule has 2 aromatic rings. The number of rotatable bonds is 6. The average molecular weight is 483 g/mol. The molecule has 3 aliphatic rings. The molecule has 5 rings (SSSR count). The minimum Gasteiger partial charge on any atom is -0.471 e. The molecule has 4 atom stereocenters. The Hall–Kier alpha value is -2.84. The van der Waals surface area contributed by atoms with Gasteiger partial charge in [0.05, 0.1) is 23.6 Å². The number of carbonyl (C=O) groups excluding carboxylic acids is 1. The molecule has 0 bridgehead atoms. The van der Waals surface area contributed by atoms with Gasteiger partial charge in [-0.15, -0.1) is 0 Å². The topological polar surface area (TPSA) is 82.6 Å². The van der Waals surface area contributed by atoms with Gasteiger partial charge in [-0.25, -0.2) is 9.97 Å². The number of fused-ring (bicyclic) bond motifs is 2. The molecule has 2 fully saturated rings. The van der Waals surface area contributed by atoms with E-state index in [4.69, 9.17) is 16.3 Å². The zero-order chi connectivity index (χ0) is 24.0. The van der Waals surface area contributed by atoms with Gasteiger partial charge in [-0.3, -0.25) is 4.79 Å². The third-order valence-corrected chi connectivity index (χ3v) is 7.06. The number of benzene rings is 1. The number of nitrogens with zero attached hydrogens (tertiary/aromatic N) is 4. The Morgan fingerprint density at radius 1 is 1.26 bits per heavy atom. The molecule has 8 nitrogen and oxygen atoms in total. The van der Waals surface area contributed by atoms with Gasteiger partial charge in [-0.05, 0) is 37.6 Å². The molecule has 0 spiro atoms. The second-order valence-electron chi connectivity index (χ2n) is 9.53. The molecule has 3 heterocycles. The Bertz CT molecular complexity index is 1090. The van der Waals surface area contributed by atoms with Gasteiger partial charge in [-0.2, -0.15) is 0 Å². The first-order valence-corrected chi connectivity index (χ1v) is 12.2. The number of nitrogens with one attached hydrogen (secondary N) is 2. The lowest BCUT2D eigenvalue weighted by atomic mass is 9.96. The number of ether oxygens (including phenoxy) is 1. The number of amides is 1. The normalized spacial score (nSPS) is 24.1. The molecule has 2 N–H and O–H groups in total. The van der Waals surface area contributed by atoms with Crippen LogP contribution < -0.4 is 15.5 Å². The molecule has 34 heavy (non-hydrogen) atoms. The minimum atomic E-state index is -0.247. The summed E-state index contributed by atoms with van der Waals surface area (Å²) in [7, 11) is 0. The molecule has 9 heteroatoms. The fourth-order valence-corrected chi connectivity index (χ4v) is 5.17. The first-order valence-electron chi connectivity index (χ1n) is 11.9. The summed E-state index contributed by atoms with van der Waals surface area (Å²) in [4.78, 5) is 27.1. The highest BCUT2D eigenvalue weighted by molar-refractivity contribution is 6.30. The zero-order valence-corrected chi connectivity index (χ0v) is 20.5. The third-order valence-electron chi connectivity index (χ3n) is 6.81. The minimum absolute atomic E-state index is 0.169. The maximum atomic E-state index is 13.8. The Kier molecular flexibility index (Phi) is 6.12. The zero-order valence-electron chi connectivity index (χ0n) is 19.8. The quantitative estimate of drug-likeness (QED) is 0.649. The monoisotopic (exact) mass is 482 g/mol. The van der Waals surface area contributed by atoms with Gasteiger partial charge >= 0.3 is 0 Å². The van der Waals surface area contributed by atoms with Crippen LogP contribution in [0.3, 0.4) is 0 Å². The summed E-state index contributed by atoms with van der Waals surface area (Å²) in [5.41, 5.74) is 1.94. The summed E-state index contributed by atoms with van der Waals surface area (Å²) in [6.07, 6.45) is 2.33. The van der Waals surface area contributed by atoms with Crippen LogP contribution in [0, 0.1) is 0 Å². The van der Waals surface area contributed by atoms with E-state index in [0.717, 1.165) is 35.7 Å². The van der Waals surface area contributed by atoms with Crippen LogP contribution in [0.2, 0.25) is 5.02 Å². The summed E-state index contributed by atoms with van der Waals surface area (Å²) >= 11 is 6.10. The molecule has 2 aliphatic heterocycles. The number of hydrogen-bond donors (Lipinski definition) is 2. The second kappa shape index (κ2) is 9.07. The number of halogens is 1. The molecule has 180 valence electrons. The highest BCUT2D eigenvalue weighted by Gasteiger charge is 2.52. The number of carbonyl (C=O) groups is 1. The van der Waals surface area contributed by atoms with E-state index in [9.17, 15) is 4.79 Å². The Labute approximate surface area is 205 Å². The molecule has 1 unspecified atom stereocenters. The van der Waals surface area contributed by atoms with E-state index < -0.39 is 0 Å². The standard InChI is InChI=1S/C25H31ClN6O2/c1-14(2)27-12-19(17-5-7-18(26)8-6-17)25(33)32-10-9-31(20-11-21(20)32)24-22-15(3)34-16(4)30-23(22)28-13-29-24/h5-8,13-15,19-21,27H,4,9-12H2,1-3H3,(H,28,29,30)/t15?,19-,20-,21+/m1/s1. The molecule has 1 amide bonds. The van der Waals surface area contributed by atoms with Crippen LogP contribution in [0.1, 0.15) is 50.3 Å². The molecule has 1 saturated carbocycles. The number of piperazine rings is 1. The summed E-state index contributed by atoms with van der Waals surface area (Å²) in [5.74, 6) is 2.04. The van der Waals surface area contributed by atoms with Gasteiger partial charge in [-0.1, -0.05) is 37.6 Å². The second-order valence-corrected chi connectivity index (χ2v) is 9.97. The highest BCUT2D eigenvalue weighted by Crippen LogP contribution is 2.44. The van der Waals surface area contributed by atoms with E-state index >= 15 is 0 Å². The Morgan fingerprint density at radius 3 is 2.76 bits per heavy atom. The van der Waals surface area contributed by atoms with E-state index in [2.05, 4.69) is 50.8 Å². The van der Waals surface area contributed by atoms with E-state index in [0.29, 0.717) is 30.0 Å². The largest absolute Gasteiger partial charge is 0.471 e. The predicted octanol–water partition coefficient (Wildman–Crippen LogP) is 3.68. The summed E-state index contributed by atoms with van der Waals surface area (Å²) in [6.45, 7) is 12.0. The Morgan fingerprint density at radius 2 is 2.03 bits per heavy atom.